The van der Waals surface area contributed by atoms with Crippen LogP contribution in [0.2, 0.25) is 0 Å². The molecule has 0 amide bonds. The van der Waals surface area contributed by atoms with E-state index in [2.05, 4.69) is 10.1 Å². The van der Waals surface area contributed by atoms with Crippen LogP contribution in [-0.4, -0.2) is 32.0 Å². The average molecular weight is 628 g/mol. The number of thiazole rings is 1. The third-order valence-corrected chi connectivity index (χ3v) is 9.13. The monoisotopic (exact) mass is 627 g/mol. The molecule has 1 unspecified atom stereocenters. The fourth-order valence-corrected chi connectivity index (χ4v) is 6.42. The van der Waals surface area contributed by atoms with Gasteiger partial charge < -0.3 is 5.11 Å². The van der Waals surface area contributed by atoms with E-state index in [0.29, 0.717) is 5.56 Å². The maximum Gasteiger partial charge on any atom is 0.399 e. The summed E-state index contributed by atoms with van der Waals surface area (Å²) in [4.78, 5) is 15.7. The van der Waals surface area contributed by atoms with E-state index in [1.165, 1.54) is 17.5 Å². The molecule has 2 aromatic heterocycles. The number of carboxylic acids is 1. The van der Waals surface area contributed by atoms with Crippen molar-refractivity contribution in [2.75, 3.05) is 0 Å². The van der Waals surface area contributed by atoms with Crippen LogP contribution >= 0.6 is 11.3 Å². The van der Waals surface area contributed by atoms with E-state index in [9.17, 15) is 27.3 Å². The third kappa shape index (κ3) is 5.28. The molecule has 1 fully saturated rings. The molecule has 1 aliphatic rings. The van der Waals surface area contributed by atoms with E-state index in [-0.39, 0.29) is 57.5 Å². The zero-order valence-corrected chi connectivity index (χ0v) is 23.9. The van der Waals surface area contributed by atoms with E-state index in [1.54, 1.807) is 18.2 Å². The highest BCUT2D eigenvalue weighted by Crippen LogP contribution is 2.61. The summed E-state index contributed by atoms with van der Waals surface area (Å²) in [5.74, 6) is -2.10. The van der Waals surface area contributed by atoms with Crippen LogP contribution < -0.4 is 5.14 Å². The fraction of sp³-hybridized carbons (Fsp3) is 0.167. The number of hydrogen-bond donors (Lipinski definition) is 2. The van der Waals surface area contributed by atoms with E-state index >= 15 is 4.39 Å². The Labute approximate surface area is 249 Å². The van der Waals surface area contributed by atoms with E-state index in [4.69, 9.17) is 5.14 Å². The Morgan fingerprint density at radius 3 is 2.33 bits per heavy atom. The number of alkyl halides is 3. The number of nitrogens with two attached hydrogens (primary N) is 1. The quantitative estimate of drug-likeness (QED) is 0.114. The van der Waals surface area contributed by atoms with Gasteiger partial charge in [-0.2, -0.15) is 18.3 Å². The minimum absolute atomic E-state index is 0.0504. The summed E-state index contributed by atoms with van der Waals surface area (Å²) >= 11 is 0.852. The second kappa shape index (κ2) is 10.8. The average Bonchev–Trinajstić information content (AvgIpc) is 3.49. The first-order chi connectivity index (χ1) is 20.5. The molecule has 3 aromatic carbocycles. The van der Waals surface area contributed by atoms with Gasteiger partial charge in [0.2, 0.25) is 5.13 Å². The zero-order chi connectivity index (χ0) is 30.5. The van der Waals surface area contributed by atoms with Gasteiger partial charge in [-0.05, 0) is 41.7 Å². The molecular formula is C30H23F4N4O3S2+. The van der Waals surface area contributed by atoms with Crippen molar-refractivity contribution in [1.82, 2.24) is 14.8 Å². The molecular weight excluding hydrogens is 604 g/mol. The summed E-state index contributed by atoms with van der Waals surface area (Å²) in [5, 5.41) is 20.7. The summed E-state index contributed by atoms with van der Waals surface area (Å²) in [6.45, 7) is 0. The number of rotatable bonds is 8. The van der Waals surface area contributed by atoms with Crippen LogP contribution in [0.15, 0.2) is 83.1 Å². The highest BCUT2D eigenvalue weighted by molar-refractivity contribution is 7.82. The van der Waals surface area contributed by atoms with Crippen molar-refractivity contribution in [2.45, 2.75) is 35.7 Å². The molecule has 1 atom stereocenters. The van der Waals surface area contributed by atoms with Gasteiger partial charge in [0.25, 0.3) is 0 Å². The molecule has 5 aromatic rings. The van der Waals surface area contributed by atoms with Crippen molar-refractivity contribution in [3.63, 3.8) is 0 Å². The summed E-state index contributed by atoms with van der Waals surface area (Å²) in [7, 11) is -2.32. The molecule has 1 aliphatic carbocycles. The number of thiol groups is 1. The normalized spacial score (nSPS) is 14.9. The van der Waals surface area contributed by atoms with Crippen molar-refractivity contribution >= 4 is 28.3 Å². The van der Waals surface area contributed by atoms with E-state index < -0.39 is 34.4 Å². The Balaban J connectivity index is 1.62. The number of benzene rings is 3. The Bertz CT molecular complexity index is 1880. The zero-order valence-electron chi connectivity index (χ0n) is 22.2. The summed E-state index contributed by atoms with van der Waals surface area (Å²) in [6, 6.07) is 20.3. The van der Waals surface area contributed by atoms with Crippen molar-refractivity contribution in [3.8, 4) is 27.5 Å². The minimum Gasteiger partial charge on any atom is -0.476 e. The Morgan fingerprint density at radius 1 is 1.02 bits per heavy atom. The lowest BCUT2D eigenvalue weighted by Gasteiger charge is -2.22. The highest BCUT2D eigenvalue weighted by atomic mass is 32.2. The van der Waals surface area contributed by atoms with Crippen molar-refractivity contribution in [1.29, 1.82) is 0 Å². The van der Waals surface area contributed by atoms with Gasteiger partial charge >= 0.3 is 12.1 Å². The molecule has 43 heavy (non-hydrogen) atoms. The first-order valence-electron chi connectivity index (χ1n) is 13.0. The van der Waals surface area contributed by atoms with Gasteiger partial charge in [-0.25, -0.2) is 18.9 Å². The minimum atomic E-state index is -4.67. The smallest absolute Gasteiger partial charge is 0.399 e. The second-order valence-electron chi connectivity index (χ2n) is 10.2. The maximum absolute atomic E-state index is 15.3. The number of aromatic nitrogens is 3. The predicted molar refractivity (Wildman–Crippen MR) is 155 cm³/mol. The molecule has 0 bridgehead atoms. The second-order valence-corrected chi connectivity index (χ2v) is 12.2. The molecule has 2 heterocycles. The number of aromatic carboxylic acids is 1. The first kappa shape index (κ1) is 28.9. The first-order valence-corrected chi connectivity index (χ1v) is 15.2. The van der Waals surface area contributed by atoms with Gasteiger partial charge in [-0.15, -0.1) is 16.5 Å². The molecule has 0 radical (unpaired) electrons. The number of carbonyl (C=O) groups is 1. The molecule has 1 saturated carbocycles. The summed E-state index contributed by atoms with van der Waals surface area (Å²) < 4.78 is 72.4. The number of nitrogens with zero attached hydrogens (tertiary/aromatic N) is 3. The maximum atomic E-state index is 15.3. The van der Waals surface area contributed by atoms with Crippen LogP contribution in [0.5, 0.6) is 0 Å². The Kier molecular flexibility index (Phi) is 7.27. The van der Waals surface area contributed by atoms with Gasteiger partial charge in [0.1, 0.15) is 11.2 Å². The van der Waals surface area contributed by atoms with Gasteiger partial charge in [0.15, 0.2) is 21.6 Å². The standard InChI is InChI=1S/C30H22F4N4O3S2/c31-23-15-21(43(35)41)10-9-19(23)14-22-25(20-8-4-7-18(13-20)17-5-2-1-3-6-17)37-38(28-36-24(16-42-28)27(39)40)26(22)29(11-12-29)30(32,33)34/h1-10,13,15-16H,11-12,14H2,(H2,35,41)(H,39,40)/p+1. The molecule has 220 valence electrons. The van der Waals surface area contributed by atoms with Crippen molar-refractivity contribution in [3.05, 3.63) is 107 Å². The predicted octanol–water partition coefficient (Wildman–Crippen LogP) is 6.61. The molecule has 7 nitrogen and oxygen atoms in total. The van der Waals surface area contributed by atoms with Crippen molar-refractivity contribution < 1.29 is 31.7 Å². The van der Waals surface area contributed by atoms with Crippen LogP contribution in [0, 0.1) is 5.82 Å². The van der Waals surface area contributed by atoms with E-state index in [1.807, 2.05) is 36.4 Å². The lowest BCUT2D eigenvalue weighted by Crippen LogP contribution is -2.32. The fourth-order valence-electron chi connectivity index (χ4n) is 5.20. The Morgan fingerprint density at radius 2 is 1.72 bits per heavy atom. The molecule has 0 aliphatic heterocycles. The molecule has 13 heteroatoms. The SMILES string of the molecule is N[SH+](=O)c1ccc(Cc2c(-c3cccc(-c4ccccc4)c3)nn(-c3nc(C(=O)O)cs3)c2C2(C(F)(F)F)CC2)c(F)c1. The van der Waals surface area contributed by atoms with E-state index in [0.717, 1.165) is 33.2 Å². The largest absolute Gasteiger partial charge is 0.476 e. The molecule has 6 rings (SSSR count). The summed E-state index contributed by atoms with van der Waals surface area (Å²) in [5.41, 5.74) is -0.276. The van der Waals surface area contributed by atoms with Gasteiger partial charge in [0.05, 0.1) is 11.4 Å². The summed E-state index contributed by atoms with van der Waals surface area (Å²) in [6.07, 6.45) is -5.38. The van der Waals surface area contributed by atoms with Crippen LogP contribution in [0.3, 0.4) is 0 Å². The number of hydrogen-bond acceptors (Lipinski definition) is 5. The van der Waals surface area contributed by atoms with Gasteiger partial charge in [-0.3, -0.25) is 0 Å². The number of halogens is 4. The third-order valence-electron chi connectivity index (χ3n) is 7.52. The lowest BCUT2D eigenvalue weighted by atomic mass is 9.90. The highest BCUT2D eigenvalue weighted by Gasteiger charge is 2.67. The molecule has 3 N–H and O–H groups in total. The molecule has 0 spiro atoms. The lowest BCUT2D eigenvalue weighted by molar-refractivity contribution is -0.162. The van der Waals surface area contributed by atoms with Crippen LogP contribution in [0.4, 0.5) is 17.6 Å². The number of carboxylic acid groups (broad SMARTS) is 1. The van der Waals surface area contributed by atoms with Crippen LogP contribution in [0.25, 0.3) is 27.5 Å². The van der Waals surface area contributed by atoms with Gasteiger partial charge in [0, 0.05) is 29.0 Å². The van der Waals surface area contributed by atoms with Gasteiger partial charge in [-0.1, -0.05) is 58.8 Å². The molecule has 0 saturated heterocycles. The topological polar surface area (TPSA) is 111 Å². The Hall–Kier alpha value is -4.20. The van der Waals surface area contributed by atoms with Crippen LogP contribution in [-0.2, 0) is 27.0 Å². The van der Waals surface area contributed by atoms with Crippen molar-refractivity contribution in [2.24, 2.45) is 5.14 Å². The van der Waals surface area contributed by atoms with Crippen LogP contribution in [0.1, 0.15) is 40.2 Å².